The van der Waals surface area contributed by atoms with Crippen molar-refractivity contribution in [3.05, 3.63) is 0 Å². The van der Waals surface area contributed by atoms with Gasteiger partial charge in [0.1, 0.15) is 6.04 Å². The van der Waals surface area contributed by atoms with Crippen molar-refractivity contribution in [3.8, 4) is 0 Å². The van der Waals surface area contributed by atoms with Crippen LogP contribution in [-0.2, 0) is 9.59 Å². The molecular weight excluding hydrogens is 270 g/mol. The zero-order valence-electron chi connectivity index (χ0n) is 11.4. The molecular formula is C11H21N3O4S. The number of urea groups is 1. The van der Waals surface area contributed by atoms with E-state index in [1.165, 1.54) is 16.7 Å². The van der Waals surface area contributed by atoms with Crippen LogP contribution in [0.25, 0.3) is 0 Å². The molecule has 0 saturated heterocycles. The Hall–Kier alpha value is -1.44. The number of aliphatic carboxylic acids is 1. The molecule has 8 heteroatoms. The Kier molecular flexibility index (Phi) is 8.77. The second-order valence-corrected chi connectivity index (χ2v) is 5.10. The summed E-state index contributed by atoms with van der Waals surface area (Å²) in [6.07, 6.45) is 2.41. The van der Waals surface area contributed by atoms with Crippen molar-refractivity contribution >= 4 is 29.7 Å². The summed E-state index contributed by atoms with van der Waals surface area (Å²) in [7, 11) is 3.26. The van der Waals surface area contributed by atoms with Crippen LogP contribution in [0.2, 0.25) is 0 Å². The average molecular weight is 291 g/mol. The molecule has 0 aliphatic carbocycles. The maximum absolute atomic E-state index is 11.5. The molecule has 0 saturated carbocycles. The van der Waals surface area contributed by atoms with Crippen molar-refractivity contribution in [2.24, 2.45) is 0 Å². The Balaban J connectivity index is 3.99. The first-order valence-corrected chi connectivity index (χ1v) is 7.24. The lowest BCUT2D eigenvalue weighted by Gasteiger charge is -2.15. The zero-order chi connectivity index (χ0) is 14.8. The van der Waals surface area contributed by atoms with Gasteiger partial charge >= 0.3 is 12.0 Å². The summed E-state index contributed by atoms with van der Waals surface area (Å²) >= 11 is 1.51. The minimum absolute atomic E-state index is 0.0996. The molecule has 0 radical (unpaired) electrons. The zero-order valence-corrected chi connectivity index (χ0v) is 12.2. The number of carbonyl (C=O) groups excluding carboxylic acids is 2. The smallest absolute Gasteiger partial charge is 0.326 e. The number of carboxylic acids is 1. The lowest BCUT2D eigenvalue weighted by atomic mass is 10.2. The molecule has 0 aromatic heterocycles. The van der Waals surface area contributed by atoms with Gasteiger partial charge in [-0.25, -0.2) is 9.59 Å². The van der Waals surface area contributed by atoms with Crippen LogP contribution < -0.4 is 10.6 Å². The Bertz CT molecular complexity index is 323. The molecule has 1 unspecified atom stereocenters. The predicted octanol–water partition coefficient (Wildman–Crippen LogP) is -0.0298. The van der Waals surface area contributed by atoms with Gasteiger partial charge in [-0.2, -0.15) is 11.8 Å². The topological polar surface area (TPSA) is 98.7 Å². The summed E-state index contributed by atoms with van der Waals surface area (Å²) in [5, 5.41) is 13.8. The molecule has 3 N–H and O–H groups in total. The highest BCUT2D eigenvalue weighted by Gasteiger charge is 2.19. The molecule has 0 rings (SSSR count). The van der Waals surface area contributed by atoms with Crippen LogP contribution in [-0.4, -0.2) is 66.6 Å². The summed E-state index contributed by atoms with van der Waals surface area (Å²) in [5.74, 6) is -0.512. The Labute approximate surface area is 117 Å². The van der Waals surface area contributed by atoms with Gasteiger partial charge in [-0.1, -0.05) is 0 Å². The fraction of sp³-hybridized carbons (Fsp3) is 0.727. The molecule has 0 spiro atoms. The van der Waals surface area contributed by atoms with E-state index >= 15 is 0 Å². The third-order valence-corrected chi connectivity index (χ3v) is 2.98. The van der Waals surface area contributed by atoms with Gasteiger partial charge in [0.2, 0.25) is 5.91 Å². The van der Waals surface area contributed by atoms with Crippen molar-refractivity contribution in [2.75, 3.05) is 32.6 Å². The highest BCUT2D eigenvalue weighted by molar-refractivity contribution is 7.98. The number of thioether (sulfide) groups is 1. The number of nitrogens with one attached hydrogen (secondary N) is 2. The number of carboxylic acid groups (broad SMARTS) is 1. The third-order valence-electron chi connectivity index (χ3n) is 2.34. The number of hydrogen-bond donors (Lipinski definition) is 3. The summed E-state index contributed by atoms with van der Waals surface area (Å²) in [6, 6.07) is -1.47. The Morgan fingerprint density at radius 3 is 2.42 bits per heavy atom. The Morgan fingerprint density at radius 2 is 1.95 bits per heavy atom. The van der Waals surface area contributed by atoms with Crippen molar-refractivity contribution in [1.29, 1.82) is 0 Å². The summed E-state index contributed by atoms with van der Waals surface area (Å²) in [5.41, 5.74) is 0. The molecule has 0 aliphatic rings. The minimum atomic E-state index is -1.06. The normalized spacial score (nSPS) is 11.5. The number of nitrogens with zero attached hydrogens (tertiary/aromatic N) is 1. The van der Waals surface area contributed by atoms with E-state index in [-0.39, 0.29) is 18.9 Å². The maximum Gasteiger partial charge on any atom is 0.326 e. The lowest BCUT2D eigenvalue weighted by Crippen LogP contribution is -2.46. The summed E-state index contributed by atoms with van der Waals surface area (Å²) < 4.78 is 0. The van der Waals surface area contributed by atoms with Crippen LogP contribution >= 0.6 is 11.8 Å². The van der Waals surface area contributed by atoms with Crippen molar-refractivity contribution < 1.29 is 19.5 Å². The van der Waals surface area contributed by atoms with Crippen LogP contribution in [0.1, 0.15) is 12.8 Å². The molecule has 7 nitrogen and oxygen atoms in total. The van der Waals surface area contributed by atoms with Crippen molar-refractivity contribution in [2.45, 2.75) is 18.9 Å². The maximum atomic E-state index is 11.5. The van der Waals surface area contributed by atoms with Crippen LogP contribution in [0.4, 0.5) is 4.79 Å². The fourth-order valence-electron chi connectivity index (χ4n) is 1.21. The molecule has 0 aromatic rings. The lowest BCUT2D eigenvalue weighted by molar-refractivity contribution is -0.139. The summed E-state index contributed by atoms with van der Waals surface area (Å²) in [4.78, 5) is 35.0. The first-order valence-electron chi connectivity index (χ1n) is 5.84. The molecule has 110 valence electrons. The molecule has 19 heavy (non-hydrogen) atoms. The highest BCUT2D eigenvalue weighted by atomic mass is 32.2. The number of rotatable bonds is 8. The van der Waals surface area contributed by atoms with Crippen molar-refractivity contribution in [1.82, 2.24) is 15.5 Å². The largest absolute Gasteiger partial charge is 0.480 e. The van der Waals surface area contributed by atoms with Gasteiger partial charge in [-0.15, -0.1) is 0 Å². The van der Waals surface area contributed by atoms with Gasteiger partial charge in [-0.3, -0.25) is 4.79 Å². The fourth-order valence-corrected chi connectivity index (χ4v) is 1.68. The van der Waals surface area contributed by atoms with Crippen LogP contribution in [0.3, 0.4) is 0 Å². The first kappa shape index (κ1) is 17.6. The molecule has 0 fully saturated rings. The van der Waals surface area contributed by atoms with Crippen LogP contribution in [0, 0.1) is 0 Å². The molecule has 0 aromatic carbocycles. The minimum Gasteiger partial charge on any atom is -0.480 e. The number of hydrogen-bond acceptors (Lipinski definition) is 4. The third kappa shape index (κ3) is 8.30. The molecule has 0 aliphatic heterocycles. The SMILES string of the molecule is CSCCC(NC(=O)NCCC(=O)N(C)C)C(=O)O. The molecule has 1 atom stereocenters. The second-order valence-electron chi connectivity index (χ2n) is 4.11. The van der Waals surface area contributed by atoms with Gasteiger partial charge in [-0.05, 0) is 18.4 Å². The van der Waals surface area contributed by atoms with Gasteiger partial charge in [0.05, 0.1) is 0 Å². The van der Waals surface area contributed by atoms with E-state index in [4.69, 9.17) is 5.11 Å². The van der Waals surface area contributed by atoms with E-state index in [2.05, 4.69) is 10.6 Å². The van der Waals surface area contributed by atoms with E-state index in [1.54, 1.807) is 14.1 Å². The number of carbonyl (C=O) groups is 3. The van der Waals surface area contributed by atoms with Gasteiger partial charge < -0.3 is 20.6 Å². The van der Waals surface area contributed by atoms with E-state index in [0.29, 0.717) is 12.2 Å². The van der Waals surface area contributed by atoms with E-state index < -0.39 is 18.0 Å². The second kappa shape index (κ2) is 9.48. The number of amides is 3. The van der Waals surface area contributed by atoms with Crippen LogP contribution in [0.15, 0.2) is 0 Å². The van der Waals surface area contributed by atoms with Crippen LogP contribution in [0.5, 0.6) is 0 Å². The molecule has 0 heterocycles. The van der Waals surface area contributed by atoms with Gasteiger partial charge in [0, 0.05) is 27.1 Å². The van der Waals surface area contributed by atoms with E-state index in [1.807, 2.05) is 6.26 Å². The average Bonchev–Trinajstić information content (AvgIpc) is 2.33. The molecule has 0 bridgehead atoms. The van der Waals surface area contributed by atoms with Gasteiger partial charge in [0.15, 0.2) is 0 Å². The monoisotopic (exact) mass is 291 g/mol. The quantitative estimate of drug-likeness (QED) is 0.583. The highest BCUT2D eigenvalue weighted by Crippen LogP contribution is 2.00. The van der Waals surface area contributed by atoms with E-state index in [9.17, 15) is 14.4 Å². The van der Waals surface area contributed by atoms with Crippen molar-refractivity contribution in [3.63, 3.8) is 0 Å². The standard InChI is InChI=1S/C11H21N3O4S/c1-14(2)9(15)4-6-12-11(18)13-8(10(16)17)5-7-19-3/h8H,4-7H2,1-3H3,(H,16,17)(H2,12,13,18). The predicted molar refractivity (Wildman–Crippen MR) is 74.3 cm³/mol. The molecule has 3 amide bonds. The first-order chi connectivity index (χ1) is 8.88. The van der Waals surface area contributed by atoms with Gasteiger partial charge in [0.25, 0.3) is 0 Å². The Morgan fingerprint density at radius 1 is 1.32 bits per heavy atom. The summed E-state index contributed by atoms with van der Waals surface area (Å²) in [6.45, 7) is 0.178. The van der Waals surface area contributed by atoms with E-state index in [0.717, 1.165) is 0 Å².